The molecule has 0 aliphatic carbocycles. The van der Waals surface area contributed by atoms with E-state index in [9.17, 15) is 5.11 Å². The van der Waals surface area contributed by atoms with Gasteiger partial charge in [0.15, 0.2) is 0 Å². The Kier molecular flexibility index (Phi) is 6.03. The van der Waals surface area contributed by atoms with Crippen LogP contribution in [0.5, 0.6) is 0 Å². The van der Waals surface area contributed by atoms with Gasteiger partial charge >= 0.3 is 0 Å². The van der Waals surface area contributed by atoms with Crippen LogP contribution in [0.4, 0.5) is 0 Å². The fourth-order valence-electron chi connectivity index (χ4n) is 2.19. The summed E-state index contributed by atoms with van der Waals surface area (Å²) >= 11 is 1.73. The number of unbranched alkanes of at least 4 members (excludes halogenated alkanes) is 2. The van der Waals surface area contributed by atoms with Crippen LogP contribution in [0, 0.1) is 0 Å². The molecule has 2 aromatic rings. The molecule has 0 saturated carbocycles. The van der Waals surface area contributed by atoms with Gasteiger partial charge in [0.25, 0.3) is 0 Å². The molecular formula is C18H22OS. The summed E-state index contributed by atoms with van der Waals surface area (Å²) in [6, 6.07) is 12.3. The van der Waals surface area contributed by atoms with E-state index in [1.807, 2.05) is 12.1 Å². The van der Waals surface area contributed by atoms with Crippen LogP contribution in [0.1, 0.15) is 54.7 Å². The van der Waals surface area contributed by atoms with Gasteiger partial charge in [0.1, 0.15) is 0 Å². The van der Waals surface area contributed by atoms with Gasteiger partial charge in [0.2, 0.25) is 0 Å². The number of rotatable bonds is 7. The predicted octanol–water partition coefficient (Wildman–Crippen LogP) is 5.53. The molecule has 0 radical (unpaired) electrons. The van der Waals surface area contributed by atoms with E-state index in [0.29, 0.717) is 0 Å². The molecule has 2 rings (SSSR count). The lowest BCUT2D eigenvalue weighted by Crippen LogP contribution is -1.97. The number of thiophene rings is 1. The fraction of sp³-hybridized carbons (Fsp3) is 0.333. The first-order valence-electron chi connectivity index (χ1n) is 7.29. The molecule has 0 amide bonds. The highest BCUT2D eigenvalue weighted by molar-refractivity contribution is 7.10. The lowest BCUT2D eigenvalue weighted by atomic mass is 10.0. The smallest absolute Gasteiger partial charge is 0.0790 e. The molecule has 1 aromatic carbocycles. The lowest BCUT2D eigenvalue weighted by molar-refractivity contribution is 0.163. The Morgan fingerprint density at radius 1 is 1.15 bits per heavy atom. The molecule has 20 heavy (non-hydrogen) atoms. The Hall–Kier alpha value is -1.38. The monoisotopic (exact) mass is 286 g/mol. The van der Waals surface area contributed by atoms with Gasteiger partial charge in [-0.05, 0) is 41.1 Å². The number of aliphatic hydroxyl groups excluding tert-OH is 1. The van der Waals surface area contributed by atoms with Crippen LogP contribution in [0.25, 0.3) is 12.2 Å². The summed E-state index contributed by atoms with van der Waals surface area (Å²) in [4.78, 5) is 1.25. The van der Waals surface area contributed by atoms with Crippen molar-refractivity contribution in [3.05, 3.63) is 57.8 Å². The molecule has 0 spiro atoms. The maximum absolute atomic E-state index is 10.2. The van der Waals surface area contributed by atoms with E-state index in [2.05, 4.69) is 48.7 Å². The first kappa shape index (κ1) is 15.0. The third kappa shape index (κ3) is 4.62. The maximum atomic E-state index is 10.2. The van der Waals surface area contributed by atoms with E-state index in [0.717, 1.165) is 24.0 Å². The summed E-state index contributed by atoms with van der Waals surface area (Å²) in [6.07, 6.45) is 8.21. The van der Waals surface area contributed by atoms with Crippen LogP contribution in [-0.4, -0.2) is 5.11 Å². The molecule has 1 nitrogen and oxygen atoms in total. The van der Waals surface area contributed by atoms with Crippen LogP contribution in [0.2, 0.25) is 0 Å². The average molecular weight is 286 g/mol. The van der Waals surface area contributed by atoms with Gasteiger partial charge in [-0.15, -0.1) is 11.3 Å². The van der Waals surface area contributed by atoms with E-state index >= 15 is 0 Å². The molecule has 2 heteroatoms. The molecule has 0 bridgehead atoms. The van der Waals surface area contributed by atoms with E-state index in [1.54, 1.807) is 11.3 Å². The number of aliphatic hydroxyl groups is 1. The zero-order valence-electron chi connectivity index (χ0n) is 12.0. The second-order valence-electron chi connectivity index (χ2n) is 5.03. The van der Waals surface area contributed by atoms with Crippen molar-refractivity contribution in [1.29, 1.82) is 0 Å². The molecule has 1 aromatic heterocycles. The van der Waals surface area contributed by atoms with Crippen LogP contribution < -0.4 is 0 Å². The molecule has 0 aliphatic heterocycles. The minimum absolute atomic E-state index is 0.336. The second-order valence-corrected chi connectivity index (χ2v) is 6.01. The Morgan fingerprint density at radius 3 is 2.80 bits per heavy atom. The number of benzene rings is 1. The summed E-state index contributed by atoms with van der Waals surface area (Å²) in [6.45, 7) is 2.18. The third-order valence-electron chi connectivity index (χ3n) is 3.36. The molecule has 0 aliphatic rings. The van der Waals surface area contributed by atoms with Gasteiger partial charge in [0.05, 0.1) is 6.10 Å². The highest BCUT2D eigenvalue weighted by Crippen LogP contribution is 2.22. The van der Waals surface area contributed by atoms with E-state index < -0.39 is 0 Å². The predicted molar refractivity (Wildman–Crippen MR) is 88.8 cm³/mol. The standard InChI is InChI=1S/C18H22OS/c1-2-3-4-10-18(19)16-8-5-7-15(14-16)11-12-17-9-6-13-20-17/h5-9,11-14,18-19H,2-4,10H2,1H3. The first-order valence-corrected chi connectivity index (χ1v) is 8.17. The fourth-order valence-corrected chi connectivity index (χ4v) is 2.81. The van der Waals surface area contributed by atoms with Gasteiger partial charge in [-0.3, -0.25) is 0 Å². The minimum atomic E-state index is -0.336. The molecule has 1 unspecified atom stereocenters. The Balaban J connectivity index is 2.00. The zero-order chi connectivity index (χ0) is 14.2. The molecule has 1 N–H and O–H groups in total. The highest BCUT2D eigenvalue weighted by atomic mass is 32.1. The number of hydrogen-bond acceptors (Lipinski definition) is 2. The molecular weight excluding hydrogens is 264 g/mol. The third-order valence-corrected chi connectivity index (χ3v) is 4.20. The van der Waals surface area contributed by atoms with Crippen molar-refractivity contribution in [1.82, 2.24) is 0 Å². The lowest BCUT2D eigenvalue weighted by Gasteiger charge is -2.11. The van der Waals surface area contributed by atoms with Crippen molar-refractivity contribution in [2.24, 2.45) is 0 Å². The topological polar surface area (TPSA) is 20.2 Å². The quantitative estimate of drug-likeness (QED) is 0.663. The highest BCUT2D eigenvalue weighted by Gasteiger charge is 2.06. The first-order chi connectivity index (χ1) is 9.79. The Bertz CT molecular complexity index is 528. The van der Waals surface area contributed by atoms with Crippen LogP contribution >= 0.6 is 11.3 Å². The maximum Gasteiger partial charge on any atom is 0.0790 e. The summed E-state index contributed by atoms with van der Waals surface area (Å²) in [5.74, 6) is 0. The van der Waals surface area contributed by atoms with Gasteiger partial charge in [-0.1, -0.05) is 56.5 Å². The Labute approximate surface area is 125 Å². The van der Waals surface area contributed by atoms with E-state index in [-0.39, 0.29) is 6.10 Å². The SMILES string of the molecule is CCCCCC(O)c1cccc(C=Cc2cccs2)c1. The largest absolute Gasteiger partial charge is 0.388 e. The number of hydrogen-bond donors (Lipinski definition) is 1. The van der Waals surface area contributed by atoms with Crippen molar-refractivity contribution in [3.8, 4) is 0 Å². The van der Waals surface area contributed by atoms with Gasteiger partial charge in [0, 0.05) is 4.88 Å². The molecule has 0 saturated heterocycles. The molecule has 0 fully saturated rings. The molecule has 106 valence electrons. The van der Waals surface area contributed by atoms with Gasteiger partial charge in [-0.25, -0.2) is 0 Å². The summed E-state index contributed by atoms with van der Waals surface area (Å²) in [5.41, 5.74) is 2.17. The van der Waals surface area contributed by atoms with Crippen LogP contribution in [-0.2, 0) is 0 Å². The van der Waals surface area contributed by atoms with Gasteiger partial charge in [-0.2, -0.15) is 0 Å². The Morgan fingerprint density at radius 2 is 2.05 bits per heavy atom. The van der Waals surface area contributed by atoms with Crippen molar-refractivity contribution < 1.29 is 5.11 Å². The average Bonchev–Trinajstić information content (AvgIpc) is 2.99. The summed E-state index contributed by atoms with van der Waals surface area (Å²) < 4.78 is 0. The normalized spacial score (nSPS) is 12.9. The molecule has 1 atom stereocenters. The van der Waals surface area contributed by atoms with Crippen molar-refractivity contribution >= 4 is 23.5 Å². The van der Waals surface area contributed by atoms with E-state index in [1.165, 1.54) is 17.7 Å². The van der Waals surface area contributed by atoms with E-state index in [4.69, 9.17) is 0 Å². The second kappa shape index (κ2) is 8.03. The van der Waals surface area contributed by atoms with Gasteiger partial charge < -0.3 is 5.11 Å². The van der Waals surface area contributed by atoms with Crippen molar-refractivity contribution in [3.63, 3.8) is 0 Å². The van der Waals surface area contributed by atoms with Crippen molar-refractivity contribution in [2.45, 2.75) is 38.7 Å². The van der Waals surface area contributed by atoms with Crippen LogP contribution in [0.3, 0.4) is 0 Å². The molecule has 1 heterocycles. The summed E-state index contributed by atoms with van der Waals surface area (Å²) in [7, 11) is 0. The minimum Gasteiger partial charge on any atom is -0.388 e. The van der Waals surface area contributed by atoms with Crippen LogP contribution in [0.15, 0.2) is 41.8 Å². The zero-order valence-corrected chi connectivity index (χ0v) is 12.8. The summed E-state index contributed by atoms with van der Waals surface area (Å²) in [5, 5.41) is 12.3. The van der Waals surface area contributed by atoms with Crippen molar-refractivity contribution in [2.75, 3.05) is 0 Å².